The quantitative estimate of drug-likeness (QED) is 0.670. The summed E-state index contributed by atoms with van der Waals surface area (Å²) in [4.78, 5) is 17.0. The molecule has 0 radical (unpaired) electrons. The lowest BCUT2D eigenvalue weighted by Crippen LogP contribution is -2.42. The molecule has 2 heterocycles. The number of aromatic amines is 2. The molecule has 1 fully saturated rings. The largest absolute Gasteiger partial charge is 0.381 e. The molecular formula is C20H23N3O2. The standard InChI is InChI=1S/C20H23N3O2/c24-19-22-17-7-6-15(12-18(17)23-19)13-21-14-20(8-10-25-11-9-20)16-4-2-1-3-5-16/h1-7,12,21H,8-11,13-14H2,(H2,22,23,24). The van der Waals surface area contributed by atoms with Gasteiger partial charge in [0.15, 0.2) is 0 Å². The van der Waals surface area contributed by atoms with Gasteiger partial charge in [0.2, 0.25) is 0 Å². The van der Waals surface area contributed by atoms with E-state index >= 15 is 0 Å². The van der Waals surface area contributed by atoms with E-state index in [4.69, 9.17) is 4.74 Å². The summed E-state index contributed by atoms with van der Waals surface area (Å²) in [5.41, 5.74) is 4.22. The molecule has 2 aromatic carbocycles. The van der Waals surface area contributed by atoms with Crippen LogP contribution in [0.25, 0.3) is 11.0 Å². The van der Waals surface area contributed by atoms with Crippen molar-refractivity contribution < 1.29 is 4.74 Å². The van der Waals surface area contributed by atoms with Crippen molar-refractivity contribution in [2.75, 3.05) is 19.8 Å². The van der Waals surface area contributed by atoms with Crippen LogP contribution in [-0.4, -0.2) is 29.7 Å². The molecule has 3 aromatic rings. The van der Waals surface area contributed by atoms with Gasteiger partial charge >= 0.3 is 5.69 Å². The number of imidazole rings is 1. The minimum absolute atomic E-state index is 0.131. The molecule has 1 saturated heterocycles. The number of rotatable bonds is 5. The molecule has 0 bridgehead atoms. The van der Waals surface area contributed by atoms with Gasteiger partial charge < -0.3 is 20.0 Å². The van der Waals surface area contributed by atoms with Gasteiger partial charge in [0.05, 0.1) is 11.0 Å². The minimum atomic E-state index is -0.162. The molecule has 1 aromatic heterocycles. The number of nitrogens with one attached hydrogen (secondary N) is 3. The monoisotopic (exact) mass is 337 g/mol. The van der Waals surface area contributed by atoms with Crippen molar-refractivity contribution in [1.82, 2.24) is 15.3 Å². The van der Waals surface area contributed by atoms with E-state index in [1.165, 1.54) is 5.56 Å². The van der Waals surface area contributed by atoms with Crippen LogP contribution < -0.4 is 11.0 Å². The summed E-state index contributed by atoms with van der Waals surface area (Å²) in [7, 11) is 0. The number of H-pyrrole nitrogens is 2. The first-order valence-corrected chi connectivity index (χ1v) is 8.80. The third kappa shape index (κ3) is 3.38. The number of benzene rings is 2. The minimum Gasteiger partial charge on any atom is -0.381 e. The normalized spacial score (nSPS) is 17.0. The van der Waals surface area contributed by atoms with E-state index in [0.717, 1.165) is 55.7 Å². The smallest absolute Gasteiger partial charge is 0.323 e. The maximum atomic E-state index is 11.4. The van der Waals surface area contributed by atoms with Crippen LogP contribution in [0.5, 0.6) is 0 Å². The van der Waals surface area contributed by atoms with Gasteiger partial charge in [0, 0.05) is 31.7 Å². The van der Waals surface area contributed by atoms with Crippen molar-refractivity contribution in [3.05, 3.63) is 70.1 Å². The molecule has 5 heteroatoms. The Labute approximate surface area is 146 Å². The molecule has 0 aliphatic carbocycles. The Hall–Kier alpha value is -2.37. The van der Waals surface area contributed by atoms with Crippen LogP contribution >= 0.6 is 0 Å². The zero-order valence-electron chi connectivity index (χ0n) is 14.2. The van der Waals surface area contributed by atoms with Gasteiger partial charge in [-0.2, -0.15) is 0 Å². The maximum Gasteiger partial charge on any atom is 0.323 e. The zero-order valence-corrected chi connectivity index (χ0v) is 14.2. The Bertz CT molecular complexity index is 892. The highest BCUT2D eigenvalue weighted by Gasteiger charge is 2.33. The number of hydrogen-bond acceptors (Lipinski definition) is 3. The van der Waals surface area contributed by atoms with Crippen LogP contribution in [0.15, 0.2) is 53.3 Å². The van der Waals surface area contributed by atoms with E-state index < -0.39 is 0 Å². The van der Waals surface area contributed by atoms with Crippen molar-refractivity contribution in [3.8, 4) is 0 Å². The lowest BCUT2D eigenvalue weighted by molar-refractivity contribution is 0.0498. The molecule has 130 valence electrons. The van der Waals surface area contributed by atoms with Gasteiger partial charge in [-0.25, -0.2) is 4.79 Å². The predicted molar refractivity (Wildman–Crippen MR) is 98.8 cm³/mol. The summed E-state index contributed by atoms with van der Waals surface area (Å²) in [6, 6.07) is 16.8. The predicted octanol–water partition coefficient (Wildman–Crippen LogP) is 2.69. The van der Waals surface area contributed by atoms with Crippen LogP contribution in [0.3, 0.4) is 0 Å². The Morgan fingerprint density at radius 2 is 1.76 bits per heavy atom. The zero-order chi connectivity index (χ0) is 17.1. The van der Waals surface area contributed by atoms with Gasteiger partial charge in [-0.1, -0.05) is 36.4 Å². The molecule has 0 atom stereocenters. The van der Waals surface area contributed by atoms with Gasteiger partial charge in [0.25, 0.3) is 0 Å². The first kappa shape index (κ1) is 16.1. The number of fused-ring (bicyclic) bond motifs is 1. The van der Waals surface area contributed by atoms with E-state index in [2.05, 4.69) is 51.7 Å². The Morgan fingerprint density at radius 1 is 1.00 bits per heavy atom. The second-order valence-corrected chi connectivity index (χ2v) is 6.82. The molecule has 5 nitrogen and oxygen atoms in total. The van der Waals surface area contributed by atoms with Crippen molar-refractivity contribution in [1.29, 1.82) is 0 Å². The summed E-state index contributed by atoms with van der Waals surface area (Å²) < 4.78 is 5.60. The van der Waals surface area contributed by atoms with Crippen molar-refractivity contribution >= 4 is 11.0 Å². The SMILES string of the molecule is O=c1[nH]c2ccc(CNCC3(c4ccccc4)CCOCC3)cc2[nH]1. The van der Waals surface area contributed by atoms with Gasteiger partial charge in [0.1, 0.15) is 0 Å². The van der Waals surface area contributed by atoms with Crippen molar-refractivity contribution in [3.63, 3.8) is 0 Å². The van der Waals surface area contributed by atoms with Gasteiger partial charge in [-0.05, 0) is 36.1 Å². The fourth-order valence-electron chi connectivity index (χ4n) is 3.76. The maximum absolute atomic E-state index is 11.4. The molecule has 25 heavy (non-hydrogen) atoms. The van der Waals surface area contributed by atoms with Crippen LogP contribution in [0.4, 0.5) is 0 Å². The second kappa shape index (κ2) is 6.86. The summed E-state index contributed by atoms with van der Waals surface area (Å²) in [5, 5.41) is 3.62. The second-order valence-electron chi connectivity index (χ2n) is 6.82. The van der Waals surface area contributed by atoms with Crippen molar-refractivity contribution in [2.45, 2.75) is 24.8 Å². The molecule has 0 unspecified atom stereocenters. The highest BCUT2D eigenvalue weighted by atomic mass is 16.5. The van der Waals surface area contributed by atoms with E-state index in [0.29, 0.717) is 0 Å². The third-order valence-corrected chi connectivity index (χ3v) is 5.21. The Balaban J connectivity index is 1.48. The average molecular weight is 337 g/mol. The number of ether oxygens (including phenoxy) is 1. The topological polar surface area (TPSA) is 69.9 Å². The molecule has 0 saturated carbocycles. The van der Waals surface area contributed by atoms with E-state index in [1.54, 1.807) is 0 Å². The van der Waals surface area contributed by atoms with Crippen LogP contribution in [-0.2, 0) is 16.7 Å². The van der Waals surface area contributed by atoms with E-state index in [1.807, 2.05) is 12.1 Å². The van der Waals surface area contributed by atoms with Crippen molar-refractivity contribution in [2.24, 2.45) is 0 Å². The van der Waals surface area contributed by atoms with E-state index in [9.17, 15) is 4.79 Å². The summed E-state index contributed by atoms with van der Waals surface area (Å²) in [6.07, 6.45) is 2.07. The van der Waals surface area contributed by atoms with E-state index in [-0.39, 0.29) is 11.1 Å². The highest BCUT2D eigenvalue weighted by Crippen LogP contribution is 2.34. The van der Waals surface area contributed by atoms with Crippen LogP contribution in [0.1, 0.15) is 24.0 Å². The fourth-order valence-corrected chi connectivity index (χ4v) is 3.76. The molecule has 4 rings (SSSR count). The van der Waals surface area contributed by atoms with Crippen LogP contribution in [0, 0.1) is 0 Å². The third-order valence-electron chi connectivity index (χ3n) is 5.21. The lowest BCUT2D eigenvalue weighted by Gasteiger charge is -2.38. The van der Waals surface area contributed by atoms with Gasteiger partial charge in [-0.15, -0.1) is 0 Å². The Kier molecular flexibility index (Phi) is 4.42. The highest BCUT2D eigenvalue weighted by molar-refractivity contribution is 5.74. The fraction of sp³-hybridized carbons (Fsp3) is 0.350. The summed E-state index contributed by atoms with van der Waals surface area (Å²) >= 11 is 0. The number of hydrogen-bond donors (Lipinski definition) is 3. The summed E-state index contributed by atoms with van der Waals surface area (Å²) in [5.74, 6) is 0. The average Bonchev–Trinajstić information content (AvgIpc) is 3.02. The van der Waals surface area contributed by atoms with Gasteiger partial charge in [-0.3, -0.25) is 0 Å². The molecule has 1 aliphatic heterocycles. The molecular weight excluding hydrogens is 314 g/mol. The molecule has 0 amide bonds. The lowest BCUT2D eigenvalue weighted by atomic mass is 9.74. The Morgan fingerprint density at radius 3 is 2.56 bits per heavy atom. The number of aromatic nitrogens is 2. The first-order valence-electron chi connectivity index (χ1n) is 8.80. The molecule has 0 spiro atoms. The van der Waals surface area contributed by atoms with Crippen LogP contribution in [0.2, 0.25) is 0 Å². The summed E-state index contributed by atoms with van der Waals surface area (Å²) in [6.45, 7) is 3.32. The first-order chi connectivity index (χ1) is 12.3. The molecule has 1 aliphatic rings. The molecule has 3 N–H and O–H groups in total.